The average Bonchev–Trinajstić information content (AvgIpc) is 3.11. The van der Waals surface area contributed by atoms with Gasteiger partial charge in [0.05, 0.1) is 31.3 Å². The highest BCUT2D eigenvalue weighted by Gasteiger charge is 2.29. The van der Waals surface area contributed by atoms with Crippen LogP contribution in [-0.4, -0.2) is 63.1 Å². The fraction of sp³-hybridized carbons (Fsp3) is 0.297. The lowest BCUT2D eigenvalue weighted by Crippen LogP contribution is -2.49. The molecule has 0 aliphatic carbocycles. The van der Waals surface area contributed by atoms with Crippen molar-refractivity contribution in [1.29, 1.82) is 0 Å². The number of morpholine rings is 1. The largest absolute Gasteiger partial charge is 0.492 e. The number of anilines is 1. The summed E-state index contributed by atoms with van der Waals surface area (Å²) in [6.07, 6.45) is -0.0905. The van der Waals surface area contributed by atoms with Crippen LogP contribution in [0.25, 0.3) is 0 Å². The Balaban J connectivity index is 1.10. The van der Waals surface area contributed by atoms with Gasteiger partial charge < -0.3 is 35.9 Å². The first-order valence-electron chi connectivity index (χ1n) is 16.0. The number of rotatable bonds is 14. The number of nitrogens with two attached hydrogens (primary N) is 1. The molecule has 1 heterocycles. The van der Waals surface area contributed by atoms with Gasteiger partial charge in [0.25, 0.3) is 0 Å². The van der Waals surface area contributed by atoms with Gasteiger partial charge in [0.15, 0.2) is 0 Å². The number of carbonyl (C=O) groups excluding carboxylic acids is 2. The Bertz CT molecular complexity index is 1610. The van der Waals surface area contributed by atoms with E-state index in [4.69, 9.17) is 19.9 Å². The molecule has 0 saturated carbocycles. The number of halogens is 3. The number of para-hydroxylation sites is 1. The molecule has 5 rings (SSSR count). The Morgan fingerprint density at radius 2 is 1.57 bits per heavy atom. The molecule has 1 saturated heterocycles. The number of carbonyl (C=O) groups is 2. The van der Waals surface area contributed by atoms with Gasteiger partial charge in [-0.25, -0.2) is 18.0 Å². The quantitative estimate of drug-likeness (QED) is 0.134. The maximum absolute atomic E-state index is 15.1. The molecule has 0 spiro atoms. The Hall–Kier alpha value is -4.91. The van der Waals surface area contributed by atoms with E-state index >= 15 is 4.39 Å². The van der Waals surface area contributed by atoms with Crippen LogP contribution in [-0.2, 0) is 20.7 Å². The van der Waals surface area contributed by atoms with Gasteiger partial charge in [0.1, 0.15) is 36.4 Å². The van der Waals surface area contributed by atoms with E-state index < -0.39 is 41.4 Å². The molecule has 4 aromatic rings. The van der Waals surface area contributed by atoms with Gasteiger partial charge in [-0.2, -0.15) is 0 Å². The number of hydrogen-bond donors (Lipinski definition) is 4. The van der Waals surface area contributed by atoms with Crippen molar-refractivity contribution in [3.8, 4) is 5.75 Å². The average molecular weight is 677 g/mol. The van der Waals surface area contributed by atoms with Crippen molar-refractivity contribution in [3.63, 3.8) is 0 Å². The summed E-state index contributed by atoms with van der Waals surface area (Å²) in [7, 11) is 0. The van der Waals surface area contributed by atoms with Gasteiger partial charge in [-0.1, -0.05) is 48.5 Å². The van der Waals surface area contributed by atoms with Crippen LogP contribution in [0.5, 0.6) is 5.75 Å². The summed E-state index contributed by atoms with van der Waals surface area (Å²) in [5.74, 6) is -1.99. The highest BCUT2D eigenvalue weighted by atomic mass is 19.1. The number of ether oxygens (including phenoxy) is 3. The third-order valence-electron chi connectivity index (χ3n) is 8.18. The van der Waals surface area contributed by atoms with Gasteiger partial charge in [0, 0.05) is 23.7 Å². The van der Waals surface area contributed by atoms with E-state index in [0.29, 0.717) is 48.6 Å². The molecule has 1 aliphatic heterocycles. The van der Waals surface area contributed by atoms with Gasteiger partial charge >= 0.3 is 6.09 Å². The monoisotopic (exact) mass is 676 g/mol. The van der Waals surface area contributed by atoms with Gasteiger partial charge in [-0.15, -0.1) is 0 Å². The molecular weight excluding hydrogens is 637 g/mol. The van der Waals surface area contributed by atoms with Crippen LogP contribution < -0.4 is 26.4 Å². The highest BCUT2D eigenvalue weighted by molar-refractivity contribution is 5.96. The maximum Gasteiger partial charge on any atom is 0.407 e. The van der Waals surface area contributed by atoms with E-state index in [-0.39, 0.29) is 37.4 Å². The highest BCUT2D eigenvalue weighted by Crippen LogP contribution is 2.30. The van der Waals surface area contributed by atoms with Crippen molar-refractivity contribution in [2.75, 3.05) is 38.2 Å². The number of hydrogen-bond acceptors (Lipinski definition) is 7. The summed E-state index contributed by atoms with van der Waals surface area (Å²) in [5.41, 5.74) is 8.17. The van der Waals surface area contributed by atoms with Crippen LogP contribution in [0.2, 0.25) is 0 Å². The standard InChI is InChI=1S/C37H39F3N4O5/c38-26-13-9-24(10-14-26)34(25-11-15-27(39)16-12-25)35(41)36(45)44-33-8-4-7-32(40)31(33)18-17-30-21-43-28(22-48-30)23-49-37(46)42-19-20-47-29-5-2-1-3-6-29/h1-16,28,30,34-35,43H,17-23,41H2,(H,42,46)(H,44,45)/t28-,30+,35-/m0/s1. The minimum atomic E-state index is -1.17. The van der Waals surface area contributed by atoms with Crippen LogP contribution >= 0.6 is 0 Å². The molecule has 0 unspecified atom stereocenters. The van der Waals surface area contributed by atoms with Crippen LogP contribution in [0.1, 0.15) is 29.0 Å². The topological polar surface area (TPSA) is 124 Å². The summed E-state index contributed by atoms with van der Waals surface area (Å²) >= 11 is 0. The molecule has 0 bridgehead atoms. The van der Waals surface area contributed by atoms with E-state index in [1.165, 1.54) is 60.7 Å². The molecule has 3 atom stereocenters. The lowest BCUT2D eigenvalue weighted by atomic mass is 9.85. The smallest absolute Gasteiger partial charge is 0.407 e. The van der Waals surface area contributed by atoms with E-state index in [0.717, 1.165) is 0 Å². The molecule has 4 aromatic carbocycles. The van der Waals surface area contributed by atoms with Gasteiger partial charge in [-0.05, 0) is 72.5 Å². The van der Waals surface area contributed by atoms with E-state index in [2.05, 4.69) is 16.0 Å². The molecule has 258 valence electrons. The number of alkyl carbamates (subject to hydrolysis) is 1. The predicted molar refractivity (Wildman–Crippen MR) is 179 cm³/mol. The Kier molecular flexibility index (Phi) is 12.6. The maximum atomic E-state index is 15.1. The minimum Gasteiger partial charge on any atom is -0.492 e. The number of benzene rings is 4. The van der Waals surface area contributed by atoms with Crippen LogP contribution in [0.4, 0.5) is 23.7 Å². The van der Waals surface area contributed by atoms with Crippen molar-refractivity contribution in [2.45, 2.75) is 36.9 Å². The van der Waals surface area contributed by atoms with Crippen molar-refractivity contribution in [3.05, 3.63) is 131 Å². The zero-order chi connectivity index (χ0) is 34.6. The number of nitrogens with one attached hydrogen (secondary N) is 3. The zero-order valence-electron chi connectivity index (χ0n) is 26.7. The molecule has 1 aliphatic rings. The molecule has 1 fully saturated rings. The van der Waals surface area contributed by atoms with Crippen LogP contribution in [0.15, 0.2) is 97.1 Å². The zero-order valence-corrected chi connectivity index (χ0v) is 26.7. The minimum absolute atomic E-state index is 0.110. The Morgan fingerprint density at radius 1 is 0.898 bits per heavy atom. The van der Waals surface area contributed by atoms with Crippen LogP contribution in [0, 0.1) is 17.5 Å². The molecule has 49 heavy (non-hydrogen) atoms. The van der Waals surface area contributed by atoms with Crippen LogP contribution in [0.3, 0.4) is 0 Å². The van der Waals surface area contributed by atoms with E-state index in [1.807, 2.05) is 30.3 Å². The van der Waals surface area contributed by atoms with Crippen molar-refractivity contribution in [1.82, 2.24) is 10.6 Å². The second-order valence-electron chi connectivity index (χ2n) is 11.6. The van der Waals surface area contributed by atoms with E-state index in [1.54, 1.807) is 6.07 Å². The summed E-state index contributed by atoms with van der Waals surface area (Å²) in [6, 6.07) is 23.5. The summed E-state index contributed by atoms with van der Waals surface area (Å²) in [5, 5.41) is 8.71. The normalized spacial score (nSPS) is 16.5. The number of amides is 2. The predicted octanol–water partition coefficient (Wildman–Crippen LogP) is 5.30. The third-order valence-corrected chi connectivity index (χ3v) is 8.18. The van der Waals surface area contributed by atoms with Crippen molar-refractivity contribution >= 4 is 17.7 Å². The summed E-state index contributed by atoms with van der Waals surface area (Å²) in [4.78, 5) is 25.5. The molecule has 5 N–H and O–H groups in total. The molecule has 9 nitrogen and oxygen atoms in total. The lowest BCUT2D eigenvalue weighted by molar-refractivity contribution is -0.117. The molecule has 12 heteroatoms. The SMILES string of the molecule is N[C@H](C(=O)Nc1cccc(F)c1CC[C@@H]1CN[C@H](COC(=O)NCCOc2ccccc2)CO1)C(c1ccc(F)cc1)c1ccc(F)cc1. The second kappa shape index (κ2) is 17.5. The van der Waals surface area contributed by atoms with Crippen molar-refractivity contribution < 1.29 is 37.0 Å². The fourth-order valence-electron chi connectivity index (χ4n) is 5.58. The second-order valence-corrected chi connectivity index (χ2v) is 11.6. The first kappa shape index (κ1) is 35.4. The first-order valence-corrected chi connectivity index (χ1v) is 16.0. The fourth-order valence-corrected chi connectivity index (χ4v) is 5.58. The molecule has 0 aromatic heterocycles. The Morgan fingerprint density at radius 3 is 2.20 bits per heavy atom. The summed E-state index contributed by atoms with van der Waals surface area (Å²) < 4.78 is 59.2. The molecular formula is C37H39F3N4O5. The Labute approximate surface area is 282 Å². The summed E-state index contributed by atoms with van der Waals surface area (Å²) in [6.45, 7) is 1.45. The van der Waals surface area contributed by atoms with E-state index in [9.17, 15) is 18.4 Å². The van der Waals surface area contributed by atoms with Gasteiger partial charge in [-0.3, -0.25) is 4.79 Å². The molecule has 2 amide bonds. The molecule has 0 radical (unpaired) electrons. The first-order chi connectivity index (χ1) is 23.8. The van der Waals surface area contributed by atoms with Gasteiger partial charge in [0.2, 0.25) is 5.91 Å². The van der Waals surface area contributed by atoms with Crippen molar-refractivity contribution in [2.24, 2.45) is 5.73 Å². The third kappa shape index (κ3) is 10.3. The lowest BCUT2D eigenvalue weighted by Gasteiger charge is -2.30.